The lowest BCUT2D eigenvalue weighted by Crippen LogP contribution is -1.99. The summed E-state index contributed by atoms with van der Waals surface area (Å²) in [5.41, 5.74) is 1.52. The van der Waals surface area contributed by atoms with Gasteiger partial charge < -0.3 is 0 Å². The summed E-state index contributed by atoms with van der Waals surface area (Å²) in [6.45, 7) is 6.31. The molecule has 1 radical (unpaired) electrons. The molecule has 0 aromatic heterocycles. The van der Waals surface area contributed by atoms with Crippen molar-refractivity contribution in [3.63, 3.8) is 0 Å². The number of hydrogen-bond donors (Lipinski definition) is 0. The highest BCUT2D eigenvalue weighted by molar-refractivity contribution is 5.86. The molecule has 1 unspecified atom stereocenters. The molecule has 0 spiro atoms. The maximum atomic E-state index is 4.04. The molecular formula is C18H23. The van der Waals surface area contributed by atoms with Crippen molar-refractivity contribution in [3.8, 4) is 0 Å². The zero-order valence-corrected chi connectivity index (χ0v) is 11.4. The van der Waals surface area contributed by atoms with Crippen molar-refractivity contribution in [3.05, 3.63) is 55.0 Å². The Bertz CT molecular complexity index is 479. The molecule has 18 heavy (non-hydrogen) atoms. The van der Waals surface area contributed by atoms with Gasteiger partial charge in [0, 0.05) is 0 Å². The molecule has 0 bridgehead atoms. The fraction of sp³-hybridized carbons (Fsp3) is 0.389. The summed E-state index contributed by atoms with van der Waals surface area (Å²) in [6, 6.07) is 15.4. The van der Waals surface area contributed by atoms with Crippen LogP contribution in [-0.4, -0.2) is 0 Å². The Morgan fingerprint density at radius 3 is 2.56 bits per heavy atom. The Balaban J connectivity index is 2.36. The van der Waals surface area contributed by atoms with Crippen molar-refractivity contribution in [2.45, 2.75) is 44.9 Å². The van der Waals surface area contributed by atoms with Crippen LogP contribution >= 0.6 is 0 Å². The Morgan fingerprint density at radius 1 is 1.00 bits per heavy atom. The summed E-state index contributed by atoms with van der Waals surface area (Å²) < 4.78 is 0. The zero-order chi connectivity index (χ0) is 12.8. The third kappa shape index (κ3) is 2.93. The SMILES string of the molecule is [CH2]CCC(CCCC)c1cccc2ccccc12. The van der Waals surface area contributed by atoms with E-state index >= 15 is 0 Å². The van der Waals surface area contributed by atoms with Gasteiger partial charge in [0.25, 0.3) is 0 Å². The number of rotatable bonds is 6. The number of fused-ring (bicyclic) bond motifs is 1. The van der Waals surface area contributed by atoms with Gasteiger partial charge in [0.1, 0.15) is 0 Å². The van der Waals surface area contributed by atoms with Crippen LogP contribution in [0.5, 0.6) is 0 Å². The Labute approximate surface area is 111 Å². The molecule has 0 saturated heterocycles. The third-order valence-electron chi connectivity index (χ3n) is 3.72. The Morgan fingerprint density at radius 2 is 1.78 bits per heavy atom. The van der Waals surface area contributed by atoms with Crippen LogP contribution in [0.15, 0.2) is 42.5 Å². The lowest BCUT2D eigenvalue weighted by atomic mass is 9.86. The Kier molecular flexibility index (Phi) is 4.81. The van der Waals surface area contributed by atoms with E-state index in [1.807, 2.05) is 0 Å². The fourth-order valence-electron chi connectivity index (χ4n) is 2.76. The molecule has 95 valence electrons. The van der Waals surface area contributed by atoms with E-state index in [9.17, 15) is 0 Å². The monoisotopic (exact) mass is 239 g/mol. The van der Waals surface area contributed by atoms with Gasteiger partial charge in [0.15, 0.2) is 0 Å². The van der Waals surface area contributed by atoms with Gasteiger partial charge in [0.05, 0.1) is 0 Å². The predicted octanol–water partition coefficient (Wildman–Crippen LogP) is 5.73. The number of benzene rings is 2. The topological polar surface area (TPSA) is 0 Å². The molecule has 2 aromatic rings. The molecule has 0 fully saturated rings. The van der Waals surface area contributed by atoms with Crippen LogP contribution in [0.25, 0.3) is 10.8 Å². The quantitative estimate of drug-likeness (QED) is 0.604. The maximum Gasteiger partial charge on any atom is -0.0149 e. The van der Waals surface area contributed by atoms with E-state index in [0.29, 0.717) is 5.92 Å². The van der Waals surface area contributed by atoms with Crippen molar-refractivity contribution < 1.29 is 0 Å². The van der Waals surface area contributed by atoms with Crippen LogP contribution < -0.4 is 0 Å². The van der Waals surface area contributed by atoms with Gasteiger partial charge in [-0.25, -0.2) is 0 Å². The molecule has 0 heteroatoms. The minimum absolute atomic E-state index is 0.675. The molecule has 2 rings (SSSR count). The predicted molar refractivity (Wildman–Crippen MR) is 80.8 cm³/mol. The van der Waals surface area contributed by atoms with Gasteiger partial charge in [-0.15, -0.1) is 0 Å². The van der Waals surface area contributed by atoms with E-state index in [4.69, 9.17) is 0 Å². The summed E-state index contributed by atoms with van der Waals surface area (Å²) in [5.74, 6) is 0.675. The molecule has 2 aromatic carbocycles. The molecule has 0 aliphatic rings. The molecule has 0 heterocycles. The summed E-state index contributed by atoms with van der Waals surface area (Å²) in [6.07, 6.45) is 6.11. The Hall–Kier alpha value is -1.30. The average molecular weight is 239 g/mol. The highest BCUT2D eigenvalue weighted by atomic mass is 14.2. The lowest BCUT2D eigenvalue weighted by molar-refractivity contribution is 0.554. The van der Waals surface area contributed by atoms with Gasteiger partial charge in [-0.05, 0) is 35.1 Å². The van der Waals surface area contributed by atoms with Crippen molar-refractivity contribution in [2.24, 2.45) is 0 Å². The fourth-order valence-corrected chi connectivity index (χ4v) is 2.76. The van der Waals surface area contributed by atoms with Gasteiger partial charge in [-0.3, -0.25) is 0 Å². The molecule has 0 aliphatic carbocycles. The summed E-state index contributed by atoms with van der Waals surface area (Å²) >= 11 is 0. The second-order valence-corrected chi connectivity index (χ2v) is 5.05. The van der Waals surface area contributed by atoms with E-state index in [2.05, 4.69) is 56.3 Å². The molecule has 1 atom stereocenters. The number of unbranched alkanes of at least 4 members (excludes halogenated alkanes) is 1. The van der Waals surface area contributed by atoms with Crippen LogP contribution in [0.1, 0.15) is 50.5 Å². The minimum atomic E-state index is 0.675. The molecule has 0 N–H and O–H groups in total. The second kappa shape index (κ2) is 6.58. The van der Waals surface area contributed by atoms with E-state index in [0.717, 1.165) is 6.42 Å². The molecule has 0 nitrogen and oxygen atoms in total. The number of hydrogen-bond acceptors (Lipinski definition) is 0. The first kappa shape index (κ1) is 13.1. The normalized spacial score (nSPS) is 12.8. The van der Waals surface area contributed by atoms with Gasteiger partial charge in [0.2, 0.25) is 0 Å². The van der Waals surface area contributed by atoms with Crippen LogP contribution in [0.3, 0.4) is 0 Å². The second-order valence-electron chi connectivity index (χ2n) is 5.05. The zero-order valence-electron chi connectivity index (χ0n) is 11.4. The lowest BCUT2D eigenvalue weighted by Gasteiger charge is -2.18. The van der Waals surface area contributed by atoms with Gasteiger partial charge in [-0.2, -0.15) is 0 Å². The van der Waals surface area contributed by atoms with Crippen LogP contribution in [0.4, 0.5) is 0 Å². The molecule has 0 saturated carbocycles. The molecular weight excluding hydrogens is 216 g/mol. The van der Waals surface area contributed by atoms with E-state index in [1.165, 1.54) is 42.0 Å². The third-order valence-corrected chi connectivity index (χ3v) is 3.72. The smallest absolute Gasteiger partial charge is 0.0149 e. The van der Waals surface area contributed by atoms with Crippen LogP contribution in [-0.2, 0) is 0 Å². The molecule has 0 aliphatic heterocycles. The maximum absolute atomic E-state index is 4.04. The highest BCUT2D eigenvalue weighted by Crippen LogP contribution is 2.32. The largest absolute Gasteiger partial charge is 0.0654 e. The van der Waals surface area contributed by atoms with Gasteiger partial charge in [-0.1, -0.05) is 75.6 Å². The minimum Gasteiger partial charge on any atom is -0.0654 e. The first-order chi connectivity index (χ1) is 8.86. The summed E-state index contributed by atoms with van der Waals surface area (Å²) in [4.78, 5) is 0. The summed E-state index contributed by atoms with van der Waals surface area (Å²) in [7, 11) is 0. The standard InChI is InChI=1S/C18H23/c1-3-5-10-15(9-4-2)18-14-8-12-16-11-6-7-13-17(16)18/h6-8,11-15H,2-5,9-10H2,1H3. The van der Waals surface area contributed by atoms with Crippen LogP contribution in [0.2, 0.25) is 0 Å². The molecule has 0 amide bonds. The first-order valence-corrected chi connectivity index (χ1v) is 7.13. The first-order valence-electron chi connectivity index (χ1n) is 7.13. The van der Waals surface area contributed by atoms with Crippen molar-refractivity contribution in [1.29, 1.82) is 0 Å². The van der Waals surface area contributed by atoms with Crippen LogP contribution in [0, 0.1) is 6.92 Å². The van der Waals surface area contributed by atoms with E-state index in [1.54, 1.807) is 0 Å². The van der Waals surface area contributed by atoms with Crippen molar-refractivity contribution >= 4 is 10.8 Å². The van der Waals surface area contributed by atoms with E-state index < -0.39 is 0 Å². The van der Waals surface area contributed by atoms with Crippen molar-refractivity contribution in [1.82, 2.24) is 0 Å². The average Bonchev–Trinajstić information content (AvgIpc) is 2.43. The highest BCUT2D eigenvalue weighted by Gasteiger charge is 2.12. The van der Waals surface area contributed by atoms with Crippen molar-refractivity contribution in [2.75, 3.05) is 0 Å². The van der Waals surface area contributed by atoms with Gasteiger partial charge >= 0.3 is 0 Å². The van der Waals surface area contributed by atoms with E-state index in [-0.39, 0.29) is 0 Å². The summed E-state index contributed by atoms with van der Waals surface area (Å²) in [5, 5.41) is 2.79.